The molecule has 0 amide bonds. The zero-order chi connectivity index (χ0) is 14.7. The fraction of sp³-hybridized carbons (Fsp3) is 0.842. The van der Waals surface area contributed by atoms with E-state index in [0.717, 1.165) is 35.8 Å². The molecule has 2 heteroatoms. The van der Waals surface area contributed by atoms with Gasteiger partial charge < -0.3 is 5.21 Å². The van der Waals surface area contributed by atoms with Crippen LogP contribution in [-0.2, 0) is 0 Å². The molecule has 0 bridgehead atoms. The van der Waals surface area contributed by atoms with Gasteiger partial charge in [-0.1, -0.05) is 31.2 Å². The van der Waals surface area contributed by atoms with Gasteiger partial charge in [-0.05, 0) is 80.5 Å². The number of oxime groups is 1. The minimum absolute atomic E-state index is 0.198. The number of fused-ring (bicyclic) bond motifs is 5. The molecule has 0 spiro atoms. The average Bonchev–Trinajstić information content (AvgIpc) is 2.83. The highest BCUT2D eigenvalue weighted by Crippen LogP contribution is 2.64. The van der Waals surface area contributed by atoms with Gasteiger partial charge in [0.25, 0.3) is 0 Å². The van der Waals surface area contributed by atoms with E-state index >= 15 is 0 Å². The molecule has 2 nitrogen and oxygen atoms in total. The van der Waals surface area contributed by atoms with E-state index < -0.39 is 0 Å². The molecule has 4 rings (SSSR count). The van der Waals surface area contributed by atoms with Gasteiger partial charge in [0, 0.05) is 5.41 Å². The van der Waals surface area contributed by atoms with E-state index in [0.29, 0.717) is 5.41 Å². The maximum absolute atomic E-state index is 9.38. The lowest BCUT2D eigenvalue weighted by Gasteiger charge is -2.59. The van der Waals surface area contributed by atoms with E-state index in [1.54, 1.807) is 0 Å². The predicted molar refractivity (Wildman–Crippen MR) is 85.5 cm³/mol. The third-order valence-electron chi connectivity index (χ3n) is 8.07. The Balaban J connectivity index is 1.67. The van der Waals surface area contributed by atoms with Gasteiger partial charge in [0.05, 0.1) is 5.71 Å². The van der Waals surface area contributed by atoms with Crippen molar-refractivity contribution in [2.24, 2.45) is 39.7 Å². The Morgan fingerprint density at radius 3 is 2.76 bits per heavy atom. The van der Waals surface area contributed by atoms with Crippen LogP contribution in [0.25, 0.3) is 0 Å². The van der Waals surface area contributed by atoms with Crippen LogP contribution in [0.4, 0.5) is 0 Å². The lowest BCUT2D eigenvalue weighted by molar-refractivity contribution is -0.0763. The lowest BCUT2D eigenvalue weighted by Crippen LogP contribution is -2.52. The third-order valence-corrected chi connectivity index (χ3v) is 8.07. The molecule has 0 aromatic rings. The monoisotopic (exact) mass is 287 g/mol. The summed E-state index contributed by atoms with van der Waals surface area (Å²) in [4.78, 5) is 0. The zero-order valence-electron chi connectivity index (χ0n) is 13.5. The zero-order valence-corrected chi connectivity index (χ0v) is 13.5. The fourth-order valence-electron chi connectivity index (χ4n) is 6.79. The van der Waals surface area contributed by atoms with Crippen LogP contribution < -0.4 is 0 Å². The Hall–Kier alpha value is -0.790. The Bertz CT molecular complexity index is 496. The molecule has 1 N–H and O–H groups in total. The van der Waals surface area contributed by atoms with Crippen molar-refractivity contribution in [1.82, 2.24) is 0 Å². The van der Waals surface area contributed by atoms with Gasteiger partial charge in [-0.3, -0.25) is 0 Å². The SMILES string of the molecule is C[C@]12CC=CC[C@@H]1CC[C@@H]1[C@@H]2CC[C@]2(C)/C(=N\O)CC[C@@H]12. The molecule has 0 aromatic heterocycles. The molecule has 21 heavy (non-hydrogen) atoms. The summed E-state index contributed by atoms with van der Waals surface area (Å²) in [6.07, 6.45) is 15.2. The van der Waals surface area contributed by atoms with Crippen molar-refractivity contribution in [2.75, 3.05) is 0 Å². The van der Waals surface area contributed by atoms with Crippen molar-refractivity contribution in [3.63, 3.8) is 0 Å². The fourth-order valence-corrected chi connectivity index (χ4v) is 6.79. The van der Waals surface area contributed by atoms with Crippen LogP contribution in [0, 0.1) is 34.5 Å². The van der Waals surface area contributed by atoms with Crippen molar-refractivity contribution >= 4 is 5.71 Å². The first-order chi connectivity index (χ1) is 10.1. The van der Waals surface area contributed by atoms with E-state index in [2.05, 4.69) is 31.2 Å². The molecular formula is C19H29NO. The van der Waals surface area contributed by atoms with Crippen molar-refractivity contribution in [2.45, 2.75) is 65.2 Å². The second-order valence-electron chi connectivity index (χ2n) is 8.61. The number of rotatable bonds is 0. The first kappa shape index (κ1) is 13.8. The van der Waals surface area contributed by atoms with Crippen LogP contribution in [-0.4, -0.2) is 10.9 Å². The van der Waals surface area contributed by atoms with Crippen LogP contribution in [0.3, 0.4) is 0 Å². The van der Waals surface area contributed by atoms with Gasteiger partial charge in [-0.25, -0.2) is 0 Å². The van der Waals surface area contributed by atoms with Crippen LogP contribution >= 0.6 is 0 Å². The maximum atomic E-state index is 9.38. The molecule has 4 aliphatic rings. The topological polar surface area (TPSA) is 32.6 Å². The number of hydrogen-bond acceptors (Lipinski definition) is 2. The summed E-state index contributed by atoms with van der Waals surface area (Å²) in [5.74, 6) is 3.46. The Labute approximate surface area is 128 Å². The van der Waals surface area contributed by atoms with Crippen molar-refractivity contribution in [1.29, 1.82) is 0 Å². The highest BCUT2D eigenvalue weighted by Gasteiger charge is 2.58. The molecule has 0 radical (unpaired) electrons. The average molecular weight is 287 g/mol. The van der Waals surface area contributed by atoms with Gasteiger partial charge in [0.2, 0.25) is 0 Å². The quantitative estimate of drug-likeness (QED) is 0.378. The molecular weight excluding hydrogens is 258 g/mol. The minimum Gasteiger partial charge on any atom is -0.411 e. The summed E-state index contributed by atoms with van der Waals surface area (Å²) in [7, 11) is 0. The second-order valence-corrected chi connectivity index (χ2v) is 8.61. The van der Waals surface area contributed by atoms with Crippen molar-refractivity contribution in [3.8, 4) is 0 Å². The Morgan fingerprint density at radius 1 is 1.10 bits per heavy atom. The summed E-state index contributed by atoms with van der Waals surface area (Å²) < 4.78 is 0. The molecule has 0 saturated heterocycles. The van der Waals surface area contributed by atoms with Gasteiger partial charge in [0.15, 0.2) is 0 Å². The van der Waals surface area contributed by atoms with Crippen molar-refractivity contribution in [3.05, 3.63) is 12.2 Å². The molecule has 0 unspecified atom stereocenters. The van der Waals surface area contributed by atoms with E-state index in [1.807, 2.05) is 0 Å². The highest BCUT2D eigenvalue weighted by atomic mass is 16.4. The smallest absolute Gasteiger partial charge is 0.0632 e. The number of nitrogens with zero attached hydrogens (tertiary/aromatic N) is 1. The molecule has 3 fully saturated rings. The van der Waals surface area contributed by atoms with E-state index in [1.165, 1.54) is 44.9 Å². The third kappa shape index (κ3) is 1.74. The first-order valence-electron chi connectivity index (χ1n) is 8.96. The lowest BCUT2D eigenvalue weighted by atomic mass is 9.46. The van der Waals surface area contributed by atoms with Gasteiger partial charge in [0.1, 0.15) is 0 Å². The standard InChI is InChI=1S/C19H29NO/c1-18-11-4-3-5-13(18)6-7-14-15-8-9-17(20-21)19(15,2)12-10-16(14)18/h3-4,13-16,21H,5-12H2,1-2H3/b20-17-/t13-,14+,15+,16+,18+,19+/m1/s1. The maximum Gasteiger partial charge on any atom is 0.0632 e. The minimum atomic E-state index is 0.198. The number of allylic oxidation sites excluding steroid dienone is 2. The Morgan fingerprint density at radius 2 is 1.95 bits per heavy atom. The van der Waals surface area contributed by atoms with Gasteiger partial charge >= 0.3 is 0 Å². The Kier molecular flexibility index (Phi) is 3.03. The second kappa shape index (κ2) is 4.60. The molecule has 0 aliphatic heterocycles. The molecule has 0 heterocycles. The van der Waals surface area contributed by atoms with E-state index in [-0.39, 0.29) is 5.41 Å². The summed E-state index contributed by atoms with van der Waals surface area (Å²) >= 11 is 0. The normalized spacial score (nSPS) is 54.1. The molecule has 0 aromatic carbocycles. The molecule has 4 aliphatic carbocycles. The predicted octanol–water partition coefficient (Wildman–Crippen LogP) is 5.03. The van der Waals surface area contributed by atoms with Gasteiger partial charge in [-0.15, -0.1) is 0 Å². The molecule has 116 valence electrons. The molecule has 3 saturated carbocycles. The highest BCUT2D eigenvalue weighted by molar-refractivity contribution is 5.91. The summed E-state index contributed by atoms with van der Waals surface area (Å²) in [6.45, 7) is 4.96. The largest absolute Gasteiger partial charge is 0.411 e. The molecule has 6 atom stereocenters. The van der Waals surface area contributed by atoms with Crippen LogP contribution in [0.15, 0.2) is 17.3 Å². The van der Waals surface area contributed by atoms with Crippen LogP contribution in [0.1, 0.15) is 65.2 Å². The summed E-state index contributed by atoms with van der Waals surface area (Å²) in [5.41, 5.74) is 1.84. The first-order valence-corrected chi connectivity index (χ1v) is 8.96. The van der Waals surface area contributed by atoms with E-state index in [9.17, 15) is 5.21 Å². The van der Waals surface area contributed by atoms with E-state index in [4.69, 9.17) is 0 Å². The summed E-state index contributed by atoms with van der Waals surface area (Å²) in [6, 6.07) is 0. The number of hydrogen-bond donors (Lipinski definition) is 1. The van der Waals surface area contributed by atoms with Crippen LogP contribution in [0.2, 0.25) is 0 Å². The van der Waals surface area contributed by atoms with Crippen LogP contribution in [0.5, 0.6) is 0 Å². The summed E-state index contributed by atoms with van der Waals surface area (Å²) in [5, 5.41) is 13.1. The van der Waals surface area contributed by atoms with Crippen molar-refractivity contribution < 1.29 is 5.21 Å². The van der Waals surface area contributed by atoms with Gasteiger partial charge in [-0.2, -0.15) is 0 Å².